The number of aromatic nitrogens is 1. The van der Waals surface area contributed by atoms with Gasteiger partial charge in [-0.2, -0.15) is 0 Å². The lowest BCUT2D eigenvalue weighted by molar-refractivity contribution is -0.138. The molecule has 6 nitrogen and oxygen atoms in total. The van der Waals surface area contributed by atoms with Gasteiger partial charge in [-0.3, -0.25) is 19.5 Å². The molecule has 1 saturated heterocycles. The van der Waals surface area contributed by atoms with Gasteiger partial charge in [0.05, 0.1) is 17.8 Å². The maximum atomic E-state index is 13.5. The van der Waals surface area contributed by atoms with Crippen molar-refractivity contribution in [1.82, 2.24) is 14.8 Å². The Balaban J connectivity index is 1.77. The Morgan fingerprint density at radius 1 is 1.13 bits per heavy atom. The Hall–Kier alpha value is -2.99. The molecule has 3 heterocycles. The molecule has 1 aromatic heterocycles. The molecular weight excluding hydrogens is 378 g/mol. The largest absolute Gasteiger partial charge is 0.396 e. The zero-order valence-electron chi connectivity index (χ0n) is 17.5. The smallest absolute Gasteiger partial charge is 0.278 e. The number of piperidine rings is 1. The Labute approximate surface area is 176 Å². The van der Waals surface area contributed by atoms with Crippen molar-refractivity contribution in [1.29, 1.82) is 0 Å². The van der Waals surface area contributed by atoms with E-state index in [1.165, 1.54) is 4.90 Å². The van der Waals surface area contributed by atoms with Gasteiger partial charge in [0.2, 0.25) is 0 Å². The van der Waals surface area contributed by atoms with Crippen LogP contribution in [0.2, 0.25) is 0 Å². The van der Waals surface area contributed by atoms with E-state index in [1.54, 1.807) is 6.20 Å². The second-order valence-electron chi connectivity index (χ2n) is 8.20. The van der Waals surface area contributed by atoms with E-state index in [2.05, 4.69) is 4.98 Å². The highest BCUT2D eigenvalue weighted by Crippen LogP contribution is 2.36. The van der Waals surface area contributed by atoms with Gasteiger partial charge in [0.15, 0.2) is 0 Å². The molecule has 0 aliphatic carbocycles. The first-order valence-electron chi connectivity index (χ1n) is 10.4. The quantitative estimate of drug-likeness (QED) is 0.775. The van der Waals surface area contributed by atoms with Gasteiger partial charge in [0.1, 0.15) is 5.70 Å². The molecule has 0 spiro atoms. The van der Waals surface area contributed by atoms with Gasteiger partial charge in [-0.05, 0) is 55.9 Å². The summed E-state index contributed by atoms with van der Waals surface area (Å²) in [6.45, 7) is 5.50. The lowest BCUT2D eigenvalue weighted by Gasteiger charge is -2.34. The lowest BCUT2D eigenvalue weighted by Crippen LogP contribution is -2.40. The first kappa shape index (κ1) is 20.3. The highest BCUT2D eigenvalue weighted by molar-refractivity contribution is 6.35. The van der Waals surface area contributed by atoms with Gasteiger partial charge in [0.25, 0.3) is 11.8 Å². The van der Waals surface area contributed by atoms with Gasteiger partial charge in [0, 0.05) is 25.9 Å². The number of hydrogen-bond donors (Lipinski definition) is 1. The van der Waals surface area contributed by atoms with Crippen LogP contribution in [-0.4, -0.2) is 51.4 Å². The number of amides is 2. The molecule has 2 aromatic rings. The molecule has 1 unspecified atom stereocenters. The van der Waals surface area contributed by atoms with E-state index in [0.717, 1.165) is 29.5 Å². The van der Waals surface area contributed by atoms with Gasteiger partial charge < -0.3 is 10.0 Å². The Morgan fingerprint density at radius 2 is 1.97 bits per heavy atom. The van der Waals surface area contributed by atoms with Crippen LogP contribution in [0.15, 0.2) is 48.3 Å². The van der Waals surface area contributed by atoms with Crippen LogP contribution in [-0.2, 0) is 16.1 Å². The van der Waals surface area contributed by atoms with Gasteiger partial charge in [-0.25, -0.2) is 0 Å². The fourth-order valence-electron chi connectivity index (χ4n) is 4.41. The maximum absolute atomic E-state index is 13.5. The van der Waals surface area contributed by atoms with Crippen LogP contribution in [0.3, 0.4) is 0 Å². The van der Waals surface area contributed by atoms with Crippen molar-refractivity contribution in [3.05, 3.63) is 70.7 Å². The predicted octanol–water partition coefficient (Wildman–Crippen LogP) is 2.68. The molecule has 0 saturated carbocycles. The maximum Gasteiger partial charge on any atom is 0.278 e. The minimum Gasteiger partial charge on any atom is -0.396 e. The van der Waals surface area contributed by atoms with Crippen molar-refractivity contribution < 1.29 is 14.7 Å². The van der Waals surface area contributed by atoms with E-state index in [1.807, 2.05) is 55.1 Å². The van der Waals surface area contributed by atoms with E-state index in [9.17, 15) is 14.7 Å². The summed E-state index contributed by atoms with van der Waals surface area (Å²) in [6.07, 6.45) is 3.48. The number of aryl methyl sites for hydroxylation is 2. The van der Waals surface area contributed by atoms with Crippen LogP contribution in [0, 0.1) is 19.8 Å². The number of aliphatic hydroxyl groups excluding tert-OH is 1. The summed E-state index contributed by atoms with van der Waals surface area (Å²) in [6, 6.07) is 11.4. The van der Waals surface area contributed by atoms with E-state index >= 15 is 0 Å². The van der Waals surface area contributed by atoms with Crippen LogP contribution in [0.1, 0.15) is 35.2 Å². The Morgan fingerprint density at radius 3 is 2.67 bits per heavy atom. The second kappa shape index (κ2) is 8.40. The van der Waals surface area contributed by atoms with Crippen LogP contribution >= 0.6 is 0 Å². The number of likely N-dealkylation sites (tertiary alicyclic amines) is 1. The normalized spacial score (nSPS) is 19.8. The molecule has 0 radical (unpaired) electrons. The van der Waals surface area contributed by atoms with Crippen LogP contribution in [0.4, 0.5) is 0 Å². The van der Waals surface area contributed by atoms with Crippen molar-refractivity contribution >= 4 is 17.4 Å². The molecular formula is C24H27N3O3. The minimum atomic E-state index is -0.279. The number of imide groups is 1. The summed E-state index contributed by atoms with van der Waals surface area (Å²) in [4.78, 5) is 34.6. The van der Waals surface area contributed by atoms with Gasteiger partial charge in [-0.1, -0.05) is 29.8 Å². The molecule has 2 amide bonds. The average molecular weight is 405 g/mol. The van der Waals surface area contributed by atoms with Crippen molar-refractivity contribution in [2.24, 2.45) is 5.92 Å². The number of aliphatic hydroxyl groups is 1. The van der Waals surface area contributed by atoms with Gasteiger partial charge >= 0.3 is 0 Å². The van der Waals surface area contributed by atoms with E-state index in [-0.39, 0.29) is 30.9 Å². The lowest BCUT2D eigenvalue weighted by atomic mass is 9.95. The fraction of sp³-hybridized carbons (Fsp3) is 0.375. The molecule has 1 N–H and O–H groups in total. The van der Waals surface area contributed by atoms with E-state index in [0.29, 0.717) is 30.1 Å². The van der Waals surface area contributed by atoms with Crippen LogP contribution in [0.5, 0.6) is 0 Å². The van der Waals surface area contributed by atoms with Crippen LogP contribution in [0.25, 0.3) is 5.57 Å². The Kier molecular flexibility index (Phi) is 5.68. The van der Waals surface area contributed by atoms with E-state index in [4.69, 9.17) is 0 Å². The van der Waals surface area contributed by atoms with Crippen molar-refractivity contribution in [3.63, 3.8) is 0 Å². The molecule has 0 bridgehead atoms. The van der Waals surface area contributed by atoms with Crippen molar-refractivity contribution in [2.45, 2.75) is 33.2 Å². The molecule has 1 fully saturated rings. The zero-order chi connectivity index (χ0) is 21.3. The summed E-state index contributed by atoms with van der Waals surface area (Å²) in [5.41, 5.74) is 4.47. The zero-order valence-corrected chi connectivity index (χ0v) is 17.5. The molecule has 1 atom stereocenters. The topological polar surface area (TPSA) is 73.7 Å². The minimum absolute atomic E-state index is 0.0858. The second-order valence-corrected chi connectivity index (χ2v) is 8.20. The SMILES string of the molecule is Cc1ccc(C2=C(N3CCCC(CO)C3)C(=O)N(Cc3ccccn3)C2=O)c(C)c1. The van der Waals surface area contributed by atoms with Crippen molar-refractivity contribution in [3.8, 4) is 0 Å². The monoisotopic (exact) mass is 405 g/mol. The Bertz CT molecular complexity index is 1000. The number of carbonyl (C=O) groups excluding carboxylic acids is 2. The van der Waals surface area contributed by atoms with E-state index < -0.39 is 0 Å². The molecule has 6 heteroatoms. The number of carbonyl (C=O) groups is 2. The molecule has 4 rings (SSSR count). The molecule has 156 valence electrons. The third-order valence-corrected chi connectivity index (χ3v) is 5.93. The first-order valence-corrected chi connectivity index (χ1v) is 10.4. The predicted molar refractivity (Wildman–Crippen MR) is 114 cm³/mol. The highest BCUT2D eigenvalue weighted by atomic mass is 16.3. The number of rotatable bonds is 5. The fourth-order valence-corrected chi connectivity index (χ4v) is 4.41. The van der Waals surface area contributed by atoms with Crippen molar-refractivity contribution in [2.75, 3.05) is 19.7 Å². The number of nitrogens with zero attached hydrogens (tertiary/aromatic N) is 3. The summed E-state index contributed by atoms with van der Waals surface area (Å²) >= 11 is 0. The third-order valence-electron chi connectivity index (χ3n) is 5.93. The number of pyridine rings is 1. The number of hydrogen-bond acceptors (Lipinski definition) is 5. The molecule has 1 aromatic carbocycles. The summed E-state index contributed by atoms with van der Waals surface area (Å²) in [5.74, 6) is -0.447. The standard InChI is InChI=1S/C24H27N3O3/c1-16-8-9-20(17(2)12-16)21-22(26-11-5-6-18(13-26)15-28)24(30)27(23(21)29)14-19-7-3-4-10-25-19/h3-4,7-10,12,18,28H,5-6,11,13-15H2,1-2H3. The first-order chi connectivity index (χ1) is 14.5. The third kappa shape index (κ3) is 3.75. The summed E-state index contributed by atoms with van der Waals surface area (Å²) < 4.78 is 0. The summed E-state index contributed by atoms with van der Waals surface area (Å²) in [5, 5.41) is 9.66. The van der Waals surface area contributed by atoms with Crippen LogP contribution < -0.4 is 0 Å². The van der Waals surface area contributed by atoms with Gasteiger partial charge in [-0.15, -0.1) is 0 Å². The molecule has 2 aliphatic heterocycles. The highest BCUT2D eigenvalue weighted by Gasteiger charge is 2.43. The molecule has 30 heavy (non-hydrogen) atoms. The average Bonchev–Trinajstić information content (AvgIpc) is 2.99. The molecule has 2 aliphatic rings. The number of benzene rings is 1. The summed E-state index contributed by atoms with van der Waals surface area (Å²) in [7, 11) is 0.